The van der Waals surface area contributed by atoms with Gasteiger partial charge in [-0.15, -0.1) is 0 Å². The average molecular weight is 510 g/mol. The molecule has 1 heterocycles. The minimum atomic E-state index is -0.189. The summed E-state index contributed by atoms with van der Waals surface area (Å²) in [4.78, 5) is 33.6. The lowest BCUT2D eigenvalue weighted by atomic mass is 10.1. The second-order valence-corrected chi connectivity index (χ2v) is 9.54. The van der Waals surface area contributed by atoms with Crippen LogP contribution in [0.2, 0.25) is 0 Å². The zero-order chi connectivity index (χ0) is 26.9. The molecule has 0 aliphatic carbocycles. The molecule has 4 aromatic rings. The standard InChI is InChI=1S/C32H35N3O3/c1-24(2)35(31(36)18-17-25-11-5-4-6-12-25)23-32(37)34(22-27-13-7-10-16-30(27)38-3)20-19-26-21-33-29-15-9-8-14-28(26)29/h4-18,21,24,33H,19-20,22-23H2,1-3H3. The number of nitrogens with one attached hydrogen (secondary N) is 1. The van der Waals surface area contributed by atoms with Crippen molar-refractivity contribution in [3.05, 3.63) is 108 Å². The van der Waals surface area contributed by atoms with Crippen LogP contribution >= 0.6 is 0 Å². The number of hydrogen-bond donors (Lipinski definition) is 1. The first-order valence-electron chi connectivity index (χ1n) is 12.9. The summed E-state index contributed by atoms with van der Waals surface area (Å²) >= 11 is 0. The van der Waals surface area contributed by atoms with Crippen LogP contribution in [-0.2, 0) is 22.6 Å². The first kappa shape index (κ1) is 26.7. The molecule has 2 amide bonds. The van der Waals surface area contributed by atoms with Crippen molar-refractivity contribution in [3.63, 3.8) is 0 Å². The fraction of sp³-hybridized carbons (Fsp3) is 0.250. The number of para-hydroxylation sites is 2. The van der Waals surface area contributed by atoms with Gasteiger partial charge < -0.3 is 19.5 Å². The number of aromatic nitrogens is 1. The van der Waals surface area contributed by atoms with Gasteiger partial charge in [0.15, 0.2) is 0 Å². The maximum Gasteiger partial charge on any atom is 0.247 e. The fourth-order valence-electron chi connectivity index (χ4n) is 4.51. The van der Waals surface area contributed by atoms with Gasteiger partial charge in [0.2, 0.25) is 11.8 Å². The van der Waals surface area contributed by atoms with Crippen LogP contribution in [0.3, 0.4) is 0 Å². The van der Waals surface area contributed by atoms with Crippen LogP contribution in [0.15, 0.2) is 91.1 Å². The molecule has 0 unspecified atom stereocenters. The highest BCUT2D eigenvalue weighted by atomic mass is 16.5. The van der Waals surface area contributed by atoms with Gasteiger partial charge >= 0.3 is 0 Å². The zero-order valence-corrected chi connectivity index (χ0v) is 22.3. The van der Waals surface area contributed by atoms with E-state index in [0.29, 0.717) is 19.5 Å². The van der Waals surface area contributed by atoms with E-state index < -0.39 is 0 Å². The lowest BCUT2D eigenvalue weighted by Crippen LogP contribution is -2.45. The minimum absolute atomic E-state index is 0.00133. The van der Waals surface area contributed by atoms with Crippen LogP contribution < -0.4 is 4.74 Å². The van der Waals surface area contributed by atoms with E-state index in [2.05, 4.69) is 11.1 Å². The minimum Gasteiger partial charge on any atom is -0.496 e. The Balaban J connectivity index is 1.53. The molecule has 0 spiro atoms. The van der Waals surface area contributed by atoms with Crippen LogP contribution in [0.4, 0.5) is 0 Å². The summed E-state index contributed by atoms with van der Waals surface area (Å²) in [6.07, 6.45) is 6.02. The second kappa shape index (κ2) is 12.8. The van der Waals surface area contributed by atoms with Gasteiger partial charge in [0, 0.05) is 47.9 Å². The van der Waals surface area contributed by atoms with Gasteiger partial charge in [-0.2, -0.15) is 0 Å². The maximum absolute atomic E-state index is 13.7. The lowest BCUT2D eigenvalue weighted by molar-refractivity contribution is -0.139. The van der Waals surface area contributed by atoms with E-state index in [1.165, 1.54) is 0 Å². The number of carbonyl (C=O) groups is 2. The van der Waals surface area contributed by atoms with Crippen molar-refractivity contribution in [3.8, 4) is 5.75 Å². The van der Waals surface area contributed by atoms with E-state index in [4.69, 9.17) is 4.74 Å². The predicted molar refractivity (Wildman–Crippen MR) is 153 cm³/mol. The zero-order valence-electron chi connectivity index (χ0n) is 22.3. The average Bonchev–Trinajstić information content (AvgIpc) is 3.36. The van der Waals surface area contributed by atoms with E-state index in [1.807, 2.05) is 97.7 Å². The van der Waals surface area contributed by atoms with Crippen LogP contribution in [0.25, 0.3) is 17.0 Å². The van der Waals surface area contributed by atoms with Gasteiger partial charge in [-0.3, -0.25) is 9.59 Å². The highest BCUT2D eigenvalue weighted by Gasteiger charge is 2.23. The molecule has 196 valence electrons. The Kier molecular flexibility index (Phi) is 8.98. The molecule has 0 atom stereocenters. The molecule has 1 aromatic heterocycles. The molecule has 4 rings (SSSR count). The molecule has 1 N–H and O–H groups in total. The first-order valence-corrected chi connectivity index (χ1v) is 12.9. The van der Waals surface area contributed by atoms with E-state index in [0.717, 1.165) is 33.3 Å². The number of ether oxygens (including phenoxy) is 1. The van der Waals surface area contributed by atoms with Crippen molar-refractivity contribution in [2.75, 3.05) is 20.2 Å². The summed E-state index contributed by atoms with van der Waals surface area (Å²) in [6.45, 7) is 4.76. The summed E-state index contributed by atoms with van der Waals surface area (Å²) in [6, 6.07) is 25.4. The SMILES string of the molecule is COc1ccccc1CN(CCc1c[nH]c2ccccc12)C(=O)CN(C(=O)C=Cc1ccccc1)C(C)C. The molecule has 38 heavy (non-hydrogen) atoms. The van der Waals surface area contributed by atoms with Crippen molar-refractivity contribution >= 4 is 28.8 Å². The Bertz CT molecular complexity index is 1390. The number of H-pyrrole nitrogens is 1. The Morgan fingerprint density at radius 1 is 0.921 bits per heavy atom. The van der Waals surface area contributed by atoms with Gasteiger partial charge in [0.25, 0.3) is 0 Å². The highest BCUT2D eigenvalue weighted by Crippen LogP contribution is 2.22. The van der Waals surface area contributed by atoms with Gasteiger partial charge in [0.1, 0.15) is 12.3 Å². The van der Waals surface area contributed by atoms with E-state index in [-0.39, 0.29) is 24.4 Å². The van der Waals surface area contributed by atoms with Gasteiger partial charge in [-0.05, 0) is 49.6 Å². The lowest BCUT2D eigenvalue weighted by Gasteiger charge is -2.30. The Labute approximate surface area is 224 Å². The van der Waals surface area contributed by atoms with Gasteiger partial charge in [-0.1, -0.05) is 66.7 Å². The summed E-state index contributed by atoms with van der Waals surface area (Å²) in [5.74, 6) is 0.442. The van der Waals surface area contributed by atoms with Crippen molar-refractivity contribution in [2.24, 2.45) is 0 Å². The molecule has 0 radical (unpaired) electrons. The van der Waals surface area contributed by atoms with E-state index in [9.17, 15) is 9.59 Å². The Morgan fingerprint density at radius 3 is 2.39 bits per heavy atom. The summed E-state index contributed by atoms with van der Waals surface area (Å²) in [5, 5.41) is 1.15. The Morgan fingerprint density at radius 2 is 1.63 bits per heavy atom. The van der Waals surface area contributed by atoms with Crippen LogP contribution in [-0.4, -0.2) is 52.8 Å². The molecule has 0 saturated carbocycles. The number of methoxy groups -OCH3 is 1. The summed E-state index contributed by atoms with van der Waals surface area (Å²) < 4.78 is 5.55. The quantitative estimate of drug-likeness (QED) is 0.264. The first-order chi connectivity index (χ1) is 18.5. The topological polar surface area (TPSA) is 65.6 Å². The van der Waals surface area contributed by atoms with Crippen molar-refractivity contribution in [1.82, 2.24) is 14.8 Å². The molecule has 0 aliphatic heterocycles. The third-order valence-corrected chi connectivity index (χ3v) is 6.66. The fourth-order valence-corrected chi connectivity index (χ4v) is 4.51. The number of hydrogen-bond acceptors (Lipinski definition) is 3. The number of nitrogens with zero attached hydrogens (tertiary/aromatic N) is 2. The van der Waals surface area contributed by atoms with Crippen molar-refractivity contribution in [2.45, 2.75) is 32.9 Å². The molecule has 0 bridgehead atoms. The predicted octanol–water partition coefficient (Wildman–Crippen LogP) is 5.70. The van der Waals surface area contributed by atoms with E-state index in [1.54, 1.807) is 24.2 Å². The van der Waals surface area contributed by atoms with Crippen LogP contribution in [0.5, 0.6) is 5.75 Å². The van der Waals surface area contributed by atoms with Crippen molar-refractivity contribution in [1.29, 1.82) is 0 Å². The number of amides is 2. The maximum atomic E-state index is 13.7. The smallest absolute Gasteiger partial charge is 0.247 e. The molecular weight excluding hydrogens is 474 g/mol. The normalized spacial score (nSPS) is 11.3. The molecule has 0 aliphatic rings. The third-order valence-electron chi connectivity index (χ3n) is 6.66. The second-order valence-electron chi connectivity index (χ2n) is 9.54. The number of rotatable bonds is 11. The largest absolute Gasteiger partial charge is 0.496 e. The number of aromatic amines is 1. The summed E-state index contributed by atoms with van der Waals surface area (Å²) in [5.41, 5.74) is 4.09. The molecule has 3 aromatic carbocycles. The highest BCUT2D eigenvalue weighted by molar-refractivity contribution is 5.94. The van der Waals surface area contributed by atoms with E-state index >= 15 is 0 Å². The van der Waals surface area contributed by atoms with Crippen LogP contribution in [0, 0.1) is 0 Å². The summed E-state index contributed by atoms with van der Waals surface area (Å²) in [7, 11) is 1.63. The molecule has 6 heteroatoms. The van der Waals surface area contributed by atoms with Crippen molar-refractivity contribution < 1.29 is 14.3 Å². The molecule has 0 fully saturated rings. The molecule has 0 saturated heterocycles. The molecule has 6 nitrogen and oxygen atoms in total. The third kappa shape index (κ3) is 6.71. The van der Waals surface area contributed by atoms with Gasteiger partial charge in [0.05, 0.1) is 7.11 Å². The van der Waals surface area contributed by atoms with Crippen LogP contribution in [0.1, 0.15) is 30.5 Å². The number of benzene rings is 3. The van der Waals surface area contributed by atoms with Gasteiger partial charge in [-0.25, -0.2) is 0 Å². The molecular formula is C32H35N3O3. The number of carbonyl (C=O) groups excluding carboxylic acids is 2. The monoisotopic (exact) mass is 509 g/mol. The number of fused-ring (bicyclic) bond motifs is 1. The Hall–Kier alpha value is -4.32.